The molecule has 0 saturated heterocycles. The highest BCUT2D eigenvalue weighted by Gasteiger charge is 2.00. The summed E-state index contributed by atoms with van der Waals surface area (Å²) in [5, 5.41) is 0. The molecule has 11 heteroatoms. The van der Waals surface area contributed by atoms with Crippen molar-refractivity contribution in [1.29, 1.82) is 0 Å². The van der Waals surface area contributed by atoms with Crippen LogP contribution in [0.3, 0.4) is 0 Å². The monoisotopic (exact) mass is 362 g/mol. The largest absolute Gasteiger partial charge is 0.466 e. The van der Waals surface area contributed by atoms with Crippen LogP contribution in [0.4, 0.5) is 0 Å². The predicted octanol–water partition coefficient (Wildman–Crippen LogP) is -0.179. The smallest absolute Gasteiger partial charge is 0.303 e. The molecule has 10 nitrogen and oxygen atoms in total. The van der Waals surface area contributed by atoms with Gasteiger partial charge in [0.15, 0.2) is 0 Å². The van der Waals surface area contributed by atoms with E-state index in [4.69, 9.17) is 36.8 Å². The van der Waals surface area contributed by atoms with Crippen LogP contribution in [0.25, 0.3) is 0 Å². The summed E-state index contributed by atoms with van der Waals surface area (Å²) in [5.41, 5.74) is 7.71. The average Bonchev–Trinajstić information content (AvgIpc) is 2.48. The van der Waals surface area contributed by atoms with Gasteiger partial charge in [0, 0.05) is 19.6 Å². The maximum absolute atomic E-state index is 8.88. The molecule has 23 heavy (non-hydrogen) atoms. The van der Waals surface area contributed by atoms with Gasteiger partial charge in [-0.3, -0.25) is 33.8 Å². The number of hydrogen-bond acceptors (Lipinski definition) is 7. The van der Waals surface area contributed by atoms with Crippen molar-refractivity contribution in [2.45, 2.75) is 59.3 Å². The molecule has 0 spiro atoms. The first kappa shape index (κ1) is 30.7. The second kappa shape index (κ2) is 29.8. The molecular weight excluding hydrogens is 323 g/mol. The number of phosphoric acid groups is 1. The van der Waals surface area contributed by atoms with Gasteiger partial charge in [0.2, 0.25) is 0 Å². The number of nitrogens with one attached hydrogen (secondary N) is 3. The molecule has 0 fully saturated rings. The Morgan fingerprint density at radius 1 is 0.696 bits per heavy atom. The normalized spacial score (nSPS) is 9.61. The zero-order valence-electron chi connectivity index (χ0n) is 14.8. The van der Waals surface area contributed by atoms with Gasteiger partial charge < -0.3 is 14.7 Å². The Morgan fingerprint density at radius 2 is 0.870 bits per heavy atom. The van der Waals surface area contributed by atoms with Crippen LogP contribution in [-0.2, 0) is 4.57 Å². The fourth-order valence-electron chi connectivity index (χ4n) is 0.837. The van der Waals surface area contributed by atoms with Crippen LogP contribution in [0, 0.1) is 0 Å². The third-order valence-corrected chi connectivity index (χ3v) is 2.02. The fraction of sp³-hybridized carbons (Fsp3) is 1.00. The van der Waals surface area contributed by atoms with E-state index in [1.165, 1.54) is 38.5 Å². The lowest BCUT2D eigenvalue weighted by atomic mass is 10.3. The van der Waals surface area contributed by atoms with Gasteiger partial charge in [0.1, 0.15) is 0 Å². The standard InChI is InChI=1S/3C4H12N2.H3O4P/c3*1-2-3-4-6-5;1-5(2,3)4/h3*6H,2-5H2,1H3;(H3,1,2,3,4). The highest BCUT2D eigenvalue weighted by atomic mass is 31.2. The average molecular weight is 362 g/mol. The minimum atomic E-state index is -4.64. The maximum Gasteiger partial charge on any atom is 0.466 e. The summed E-state index contributed by atoms with van der Waals surface area (Å²) in [6, 6.07) is 0. The maximum atomic E-state index is 8.88. The highest BCUT2D eigenvalue weighted by Crippen LogP contribution is 2.25. The lowest BCUT2D eigenvalue weighted by molar-refractivity contribution is 0.275. The molecule has 0 radical (unpaired) electrons. The molecule has 12 N–H and O–H groups in total. The van der Waals surface area contributed by atoms with Crippen LogP contribution < -0.4 is 33.8 Å². The highest BCUT2D eigenvalue weighted by molar-refractivity contribution is 7.45. The van der Waals surface area contributed by atoms with Crippen molar-refractivity contribution in [3.63, 3.8) is 0 Å². The van der Waals surface area contributed by atoms with Crippen LogP contribution >= 0.6 is 7.82 Å². The molecule has 0 amide bonds. The van der Waals surface area contributed by atoms with Gasteiger partial charge in [-0.1, -0.05) is 40.0 Å². The summed E-state index contributed by atoms with van der Waals surface area (Å²) >= 11 is 0. The van der Waals surface area contributed by atoms with E-state index in [9.17, 15) is 0 Å². The van der Waals surface area contributed by atoms with Crippen LogP contribution in [0.1, 0.15) is 59.3 Å². The fourth-order valence-corrected chi connectivity index (χ4v) is 0.837. The Morgan fingerprint density at radius 3 is 0.913 bits per heavy atom. The molecule has 0 atom stereocenters. The van der Waals surface area contributed by atoms with E-state index in [0.717, 1.165) is 19.6 Å². The quantitative estimate of drug-likeness (QED) is 0.115. The molecule has 0 aromatic rings. The SMILES string of the molecule is CCCCNN.CCCCNN.CCCCNN.O=P(O)(O)O. The van der Waals surface area contributed by atoms with Gasteiger partial charge in [0.25, 0.3) is 0 Å². The third kappa shape index (κ3) is 110. The van der Waals surface area contributed by atoms with E-state index < -0.39 is 7.82 Å². The lowest BCUT2D eigenvalue weighted by Gasteiger charge is -1.89. The molecule has 0 aromatic carbocycles. The number of nitrogens with two attached hydrogens (primary N) is 3. The van der Waals surface area contributed by atoms with E-state index in [2.05, 4.69) is 37.0 Å². The minimum Gasteiger partial charge on any atom is -0.303 e. The Hall–Kier alpha value is -0.130. The zero-order chi connectivity index (χ0) is 19.0. The third-order valence-electron chi connectivity index (χ3n) is 2.02. The van der Waals surface area contributed by atoms with Gasteiger partial charge in [-0.05, 0) is 19.3 Å². The molecule has 0 aliphatic heterocycles. The molecule has 0 aliphatic rings. The molecule has 0 heterocycles. The first-order valence-corrected chi connectivity index (χ1v) is 9.40. The molecule has 0 bridgehead atoms. The van der Waals surface area contributed by atoms with Crippen molar-refractivity contribution in [2.75, 3.05) is 19.6 Å². The molecule has 0 saturated carbocycles. The van der Waals surface area contributed by atoms with Crippen molar-refractivity contribution in [3.05, 3.63) is 0 Å². The second-order valence-corrected chi connectivity index (χ2v) is 5.46. The minimum absolute atomic E-state index is 0.941. The van der Waals surface area contributed by atoms with Crippen molar-refractivity contribution < 1.29 is 19.2 Å². The van der Waals surface area contributed by atoms with Crippen molar-refractivity contribution in [2.24, 2.45) is 17.5 Å². The number of unbranched alkanes of at least 4 members (excludes halogenated alkanes) is 3. The summed E-state index contributed by atoms with van der Waals surface area (Å²) in [4.78, 5) is 21.6. The molecule has 0 rings (SSSR count). The number of hydrogen-bond donors (Lipinski definition) is 9. The van der Waals surface area contributed by atoms with Gasteiger partial charge in [-0.25, -0.2) is 4.57 Å². The summed E-state index contributed by atoms with van der Waals surface area (Å²) in [7, 11) is -4.64. The van der Waals surface area contributed by atoms with Crippen LogP contribution in [0.2, 0.25) is 0 Å². The molecule has 0 aromatic heterocycles. The number of hydrazine groups is 3. The first-order chi connectivity index (χ1) is 10.7. The Bertz CT molecular complexity index is 182. The van der Waals surface area contributed by atoms with Crippen molar-refractivity contribution in [3.8, 4) is 0 Å². The second-order valence-electron chi connectivity index (χ2n) is 4.44. The van der Waals surface area contributed by atoms with Crippen LogP contribution in [0.15, 0.2) is 0 Å². The van der Waals surface area contributed by atoms with E-state index in [1.54, 1.807) is 0 Å². The Balaban J connectivity index is -0.000000105. The zero-order valence-corrected chi connectivity index (χ0v) is 15.7. The number of rotatable bonds is 9. The van der Waals surface area contributed by atoms with E-state index in [1.807, 2.05) is 0 Å². The summed E-state index contributed by atoms with van der Waals surface area (Å²) in [5.74, 6) is 14.9. The van der Waals surface area contributed by atoms with Gasteiger partial charge in [-0.15, -0.1) is 0 Å². The topological polar surface area (TPSA) is 192 Å². The molecule has 146 valence electrons. The van der Waals surface area contributed by atoms with Crippen LogP contribution in [0.5, 0.6) is 0 Å². The van der Waals surface area contributed by atoms with Gasteiger partial charge in [-0.2, -0.15) is 0 Å². The van der Waals surface area contributed by atoms with E-state index in [0.29, 0.717) is 0 Å². The van der Waals surface area contributed by atoms with Gasteiger partial charge in [0.05, 0.1) is 0 Å². The first-order valence-electron chi connectivity index (χ1n) is 7.83. The van der Waals surface area contributed by atoms with Gasteiger partial charge >= 0.3 is 7.82 Å². The molecule has 0 aliphatic carbocycles. The van der Waals surface area contributed by atoms with E-state index in [-0.39, 0.29) is 0 Å². The summed E-state index contributed by atoms with van der Waals surface area (Å²) in [6.45, 7) is 9.23. The lowest BCUT2D eigenvalue weighted by Crippen LogP contribution is -2.22. The Labute approximate surface area is 140 Å². The summed E-state index contributed by atoms with van der Waals surface area (Å²) in [6.07, 6.45) is 7.17. The van der Waals surface area contributed by atoms with Crippen LogP contribution in [-0.4, -0.2) is 34.3 Å². The molecular formula is C12H39N6O4P. The summed E-state index contributed by atoms with van der Waals surface area (Å²) < 4.78 is 8.88. The predicted molar refractivity (Wildman–Crippen MR) is 95.6 cm³/mol. The van der Waals surface area contributed by atoms with Crippen molar-refractivity contribution >= 4 is 7.82 Å². The Kier molecular flexibility index (Phi) is 39.8. The van der Waals surface area contributed by atoms with Crippen molar-refractivity contribution in [1.82, 2.24) is 16.3 Å². The van der Waals surface area contributed by atoms with E-state index >= 15 is 0 Å². The molecule has 0 unspecified atom stereocenters.